The number of carbonyl (C=O) groups excluding carboxylic acids is 1. The molecule has 0 aliphatic heterocycles. The lowest BCUT2D eigenvalue weighted by molar-refractivity contribution is -0.143. The number of benzene rings is 1. The normalized spacial score (nSPS) is 11.3. The molecule has 1 aromatic rings. The van der Waals surface area contributed by atoms with Crippen molar-refractivity contribution in [2.75, 3.05) is 20.3 Å². The van der Waals surface area contributed by atoms with Crippen molar-refractivity contribution >= 4 is 12.0 Å². The molecular weight excluding hydrogens is 282 g/mol. The number of ether oxygens (including phenoxy) is 3. The highest BCUT2D eigenvalue weighted by Crippen LogP contribution is 2.26. The maximum atomic E-state index is 14.1. The number of esters is 1. The summed E-state index contributed by atoms with van der Waals surface area (Å²) in [6.45, 7) is 3.92. The SMILES string of the molecule is CCOC(OCC)c1c(F)cc(/C=C/C(=O)OC)cc1F. The summed E-state index contributed by atoms with van der Waals surface area (Å²) in [5, 5.41) is 0. The Morgan fingerprint density at radius 3 is 2.14 bits per heavy atom. The van der Waals surface area contributed by atoms with Crippen LogP contribution in [-0.4, -0.2) is 26.3 Å². The number of rotatable bonds is 7. The second-order valence-electron chi connectivity index (χ2n) is 4.00. The average Bonchev–Trinajstić information content (AvgIpc) is 2.44. The van der Waals surface area contributed by atoms with Crippen molar-refractivity contribution in [3.63, 3.8) is 0 Å². The number of hydrogen-bond acceptors (Lipinski definition) is 4. The highest BCUT2D eigenvalue weighted by atomic mass is 19.1. The summed E-state index contributed by atoms with van der Waals surface area (Å²) in [7, 11) is 1.21. The number of hydrogen-bond donors (Lipinski definition) is 0. The molecule has 0 aromatic heterocycles. The van der Waals surface area contributed by atoms with Gasteiger partial charge in [-0.05, 0) is 37.6 Å². The molecule has 1 aromatic carbocycles. The van der Waals surface area contributed by atoms with Gasteiger partial charge in [-0.1, -0.05) is 0 Å². The Balaban J connectivity index is 3.08. The highest BCUT2D eigenvalue weighted by molar-refractivity contribution is 5.86. The molecule has 0 bridgehead atoms. The van der Waals surface area contributed by atoms with Gasteiger partial charge in [0, 0.05) is 19.3 Å². The molecule has 0 saturated carbocycles. The van der Waals surface area contributed by atoms with Crippen molar-refractivity contribution in [3.05, 3.63) is 41.0 Å². The van der Waals surface area contributed by atoms with Crippen LogP contribution < -0.4 is 0 Å². The molecule has 116 valence electrons. The smallest absolute Gasteiger partial charge is 0.330 e. The first-order chi connectivity index (χ1) is 10.0. The zero-order valence-electron chi connectivity index (χ0n) is 12.2. The van der Waals surface area contributed by atoms with Gasteiger partial charge in [0.05, 0.1) is 12.7 Å². The van der Waals surface area contributed by atoms with Gasteiger partial charge >= 0.3 is 5.97 Å². The molecule has 0 aliphatic rings. The van der Waals surface area contributed by atoms with E-state index >= 15 is 0 Å². The van der Waals surface area contributed by atoms with Crippen LogP contribution in [-0.2, 0) is 19.0 Å². The predicted molar refractivity (Wildman–Crippen MR) is 73.4 cm³/mol. The van der Waals surface area contributed by atoms with Crippen LogP contribution in [0.3, 0.4) is 0 Å². The number of halogens is 2. The van der Waals surface area contributed by atoms with Gasteiger partial charge in [0.15, 0.2) is 6.29 Å². The Morgan fingerprint density at radius 1 is 1.19 bits per heavy atom. The summed E-state index contributed by atoms with van der Waals surface area (Å²) in [5.74, 6) is -2.21. The first kappa shape index (κ1) is 17.3. The minimum absolute atomic E-state index is 0.200. The molecular formula is C15H18F2O4. The van der Waals surface area contributed by atoms with Gasteiger partial charge in [0.25, 0.3) is 0 Å². The van der Waals surface area contributed by atoms with Crippen molar-refractivity contribution in [1.82, 2.24) is 0 Å². The molecule has 6 heteroatoms. The standard InChI is InChI=1S/C15H18F2O4/c1-4-20-15(21-5-2)14-11(16)8-10(9-12(14)17)6-7-13(18)19-3/h6-9,15H,4-5H2,1-3H3/b7-6+. The van der Waals surface area contributed by atoms with Crippen LogP contribution in [0.15, 0.2) is 18.2 Å². The van der Waals surface area contributed by atoms with Crippen molar-refractivity contribution in [1.29, 1.82) is 0 Å². The Labute approximate surface area is 122 Å². The van der Waals surface area contributed by atoms with Crippen LogP contribution in [0, 0.1) is 11.6 Å². The predicted octanol–water partition coefficient (Wildman–Crippen LogP) is 3.22. The Hall–Kier alpha value is -1.79. The van der Waals surface area contributed by atoms with E-state index in [4.69, 9.17) is 9.47 Å². The average molecular weight is 300 g/mol. The molecule has 0 fully saturated rings. The van der Waals surface area contributed by atoms with E-state index in [0.717, 1.165) is 18.2 Å². The van der Waals surface area contributed by atoms with Crippen molar-refractivity contribution in [3.8, 4) is 0 Å². The van der Waals surface area contributed by atoms with Gasteiger partial charge < -0.3 is 14.2 Å². The first-order valence-corrected chi connectivity index (χ1v) is 6.51. The quantitative estimate of drug-likeness (QED) is 0.440. The summed E-state index contributed by atoms with van der Waals surface area (Å²) >= 11 is 0. The largest absolute Gasteiger partial charge is 0.466 e. The Morgan fingerprint density at radius 2 is 1.71 bits per heavy atom. The zero-order valence-corrected chi connectivity index (χ0v) is 12.2. The third-order valence-corrected chi connectivity index (χ3v) is 2.59. The van der Waals surface area contributed by atoms with Gasteiger partial charge in [0.1, 0.15) is 11.6 Å². The lowest BCUT2D eigenvalue weighted by atomic mass is 10.1. The van der Waals surface area contributed by atoms with Gasteiger partial charge in [-0.15, -0.1) is 0 Å². The van der Waals surface area contributed by atoms with Crippen molar-refractivity contribution in [2.24, 2.45) is 0 Å². The highest BCUT2D eigenvalue weighted by Gasteiger charge is 2.21. The van der Waals surface area contributed by atoms with E-state index in [0.29, 0.717) is 0 Å². The summed E-state index contributed by atoms with van der Waals surface area (Å²) < 4.78 is 42.9. The third kappa shape index (κ3) is 4.91. The third-order valence-electron chi connectivity index (χ3n) is 2.59. The fourth-order valence-electron chi connectivity index (χ4n) is 1.68. The molecule has 21 heavy (non-hydrogen) atoms. The number of methoxy groups -OCH3 is 1. The van der Waals surface area contributed by atoms with Crippen LogP contribution in [0.4, 0.5) is 8.78 Å². The lowest BCUT2D eigenvalue weighted by Crippen LogP contribution is -2.13. The fraction of sp³-hybridized carbons (Fsp3) is 0.400. The number of carbonyl (C=O) groups is 1. The molecule has 1 rings (SSSR count). The molecule has 0 aliphatic carbocycles. The molecule has 0 unspecified atom stereocenters. The van der Waals surface area contributed by atoms with Crippen LogP contribution in [0.5, 0.6) is 0 Å². The second-order valence-corrected chi connectivity index (χ2v) is 4.00. The summed E-state index contributed by atoms with van der Waals surface area (Å²) in [6, 6.07) is 2.20. The van der Waals surface area contributed by atoms with Crippen molar-refractivity contribution in [2.45, 2.75) is 20.1 Å². The summed E-state index contributed by atoms with van der Waals surface area (Å²) in [5.41, 5.74) is -0.0835. The minimum Gasteiger partial charge on any atom is -0.466 e. The molecule has 0 spiro atoms. The molecule has 0 amide bonds. The van der Waals surface area contributed by atoms with Crippen LogP contribution in [0.25, 0.3) is 6.08 Å². The molecule has 0 heterocycles. The topological polar surface area (TPSA) is 44.8 Å². The van der Waals surface area contributed by atoms with Crippen LogP contribution in [0.2, 0.25) is 0 Å². The molecule has 0 atom stereocenters. The van der Waals surface area contributed by atoms with Gasteiger partial charge in [-0.2, -0.15) is 0 Å². The fourth-order valence-corrected chi connectivity index (χ4v) is 1.68. The zero-order chi connectivity index (χ0) is 15.8. The maximum absolute atomic E-state index is 14.1. The van der Waals surface area contributed by atoms with Gasteiger partial charge in [-0.3, -0.25) is 0 Å². The minimum atomic E-state index is -1.10. The van der Waals surface area contributed by atoms with E-state index in [-0.39, 0.29) is 24.3 Å². The maximum Gasteiger partial charge on any atom is 0.330 e. The van der Waals surface area contributed by atoms with Crippen LogP contribution >= 0.6 is 0 Å². The van der Waals surface area contributed by atoms with Crippen molar-refractivity contribution < 1.29 is 27.8 Å². The molecule has 0 radical (unpaired) electrons. The van der Waals surface area contributed by atoms with E-state index in [1.165, 1.54) is 13.2 Å². The summed E-state index contributed by atoms with van der Waals surface area (Å²) in [6.07, 6.45) is 1.24. The van der Waals surface area contributed by atoms with Gasteiger partial charge in [-0.25, -0.2) is 13.6 Å². The first-order valence-electron chi connectivity index (χ1n) is 6.51. The Kier molecular flexibility index (Phi) is 6.98. The molecule has 0 saturated heterocycles. The Bertz CT molecular complexity index is 485. The van der Waals surface area contributed by atoms with E-state index in [1.807, 2.05) is 0 Å². The second kappa shape index (κ2) is 8.49. The van der Waals surface area contributed by atoms with E-state index in [1.54, 1.807) is 13.8 Å². The van der Waals surface area contributed by atoms with E-state index in [9.17, 15) is 13.6 Å². The van der Waals surface area contributed by atoms with Gasteiger partial charge in [0.2, 0.25) is 0 Å². The summed E-state index contributed by atoms with van der Waals surface area (Å²) in [4.78, 5) is 11.0. The van der Waals surface area contributed by atoms with E-state index in [2.05, 4.69) is 4.74 Å². The monoisotopic (exact) mass is 300 g/mol. The lowest BCUT2D eigenvalue weighted by Gasteiger charge is -2.18. The van der Waals surface area contributed by atoms with Crippen LogP contribution in [0.1, 0.15) is 31.3 Å². The van der Waals surface area contributed by atoms with E-state index < -0.39 is 23.9 Å². The molecule has 0 N–H and O–H groups in total. The molecule has 4 nitrogen and oxygen atoms in total.